The number of ether oxygens (including phenoxy) is 1. The lowest BCUT2D eigenvalue weighted by Crippen LogP contribution is -2.50. The van der Waals surface area contributed by atoms with E-state index in [4.69, 9.17) is 20.4 Å². The van der Waals surface area contributed by atoms with E-state index in [0.29, 0.717) is 24.8 Å². The van der Waals surface area contributed by atoms with Crippen molar-refractivity contribution in [2.45, 2.75) is 116 Å². The summed E-state index contributed by atoms with van der Waals surface area (Å²) in [7, 11) is 0. The molecule has 2 N–H and O–H groups in total. The van der Waals surface area contributed by atoms with Crippen molar-refractivity contribution < 1.29 is 9.53 Å². The Morgan fingerprint density at radius 2 is 1.75 bits per heavy atom. The summed E-state index contributed by atoms with van der Waals surface area (Å²) in [6, 6.07) is 16.4. The fourth-order valence-electron chi connectivity index (χ4n) is 7.60. The van der Waals surface area contributed by atoms with Crippen LogP contribution in [0.25, 0.3) is 0 Å². The first-order valence-corrected chi connectivity index (χ1v) is 17.5. The van der Waals surface area contributed by atoms with E-state index in [-0.39, 0.29) is 24.0 Å². The van der Waals surface area contributed by atoms with Gasteiger partial charge in [-0.2, -0.15) is 0 Å². The monoisotopic (exact) mass is 613 g/mol. The smallest absolute Gasteiger partial charge is 0.223 e. The Labute approximate surface area is 266 Å². The van der Waals surface area contributed by atoms with E-state index in [1.54, 1.807) is 11.3 Å². The molecule has 2 aliphatic carbocycles. The second-order valence-electron chi connectivity index (χ2n) is 12.9. The van der Waals surface area contributed by atoms with Crippen molar-refractivity contribution in [3.8, 4) is 11.5 Å². The summed E-state index contributed by atoms with van der Waals surface area (Å²) < 4.78 is 6.15. The number of hydrogen-bond acceptors (Lipinski definition) is 7. The third kappa shape index (κ3) is 7.12. The lowest BCUT2D eigenvalue weighted by molar-refractivity contribution is -0.137. The Morgan fingerprint density at radius 1 is 1.02 bits per heavy atom. The molecule has 1 amide bonds. The van der Waals surface area contributed by atoms with Crippen LogP contribution in [0.4, 0.5) is 5.69 Å². The molecule has 1 unspecified atom stereocenters. The SMILES string of the molecule is Cc1nc(C(C)N(C(=O)CC[C@@H](C2CCCCC2)N2Cc3cc(Oc4ccccc4)ccc3N=C2N)C2CCCCC2)cs1. The molecule has 1 aromatic heterocycles. The zero-order chi connectivity index (χ0) is 30.5. The van der Waals surface area contributed by atoms with Crippen LogP contribution in [-0.4, -0.2) is 38.7 Å². The van der Waals surface area contributed by atoms with E-state index in [9.17, 15) is 4.79 Å². The first-order chi connectivity index (χ1) is 21.5. The zero-order valence-corrected chi connectivity index (χ0v) is 27.1. The minimum atomic E-state index is -0.0137. The number of fused-ring (bicyclic) bond motifs is 1. The van der Waals surface area contributed by atoms with Crippen LogP contribution in [-0.2, 0) is 11.3 Å². The minimum Gasteiger partial charge on any atom is -0.457 e. The van der Waals surface area contributed by atoms with E-state index in [1.165, 1.54) is 51.4 Å². The Balaban J connectivity index is 1.22. The van der Waals surface area contributed by atoms with E-state index in [2.05, 4.69) is 28.2 Å². The van der Waals surface area contributed by atoms with Crippen molar-refractivity contribution in [2.24, 2.45) is 16.6 Å². The molecule has 44 heavy (non-hydrogen) atoms. The number of amides is 1. The van der Waals surface area contributed by atoms with Gasteiger partial charge in [-0.05, 0) is 82.2 Å². The highest BCUT2D eigenvalue weighted by Gasteiger charge is 2.35. The van der Waals surface area contributed by atoms with Gasteiger partial charge in [0.25, 0.3) is 0 Å². The summed E-state index contributed by atoms with van der Waals surface area (Å²) in [4.78, 5) is 28.4. The first kappa shape index (κ1) is 30.6. The number of carbonyl (C=O) groups is 1. The molecule has 1 aliphatic heterocycles. The first-order valence-electron chi connectivity index (χ1n) is 16.7. The largest absolute Gasteiger partial charge is 0.457 e. The van der Waals surface area contributed by atoms with Crippen LogP contribution < -0.4 is 10.5 Å². The van der Waals surface area contributed by atoms with Gasteiger partial charge in [0.2, 0.25) is 5.91 Å². The maximum Gasteiger partial charge on any atom is 0.223 e. The third-order valence-corrected chi connectivity index (χ3v) is 10.7. The van der Waals surface area contributed by atoms with Gasteiger partial charge in [0.1, 0.15) is 11.5 Å². The fourth-order valence-corrected chi connectivity index (χ4v) is 8.30. The number of aliphatic imine (C=N–C) groups is 1. The predicted octanol–water partition coefficient (Wildman–Crippen LogP) is 8.66. The molecule has 2 fully saturated rings. The summed E-state index contributed by atoms with van der Waals surface area (Å²) in [5.74, 6) is 2.92. The molecule has 0 bridgehead atoms. The van der Waals surface area contributed by atoms with Gasteiger partial charge in [-0.1, -0.05) is 56.7 Å². The fraction of sp³-hybridized carbons (Fsp3) is 0.528. The number of aromatic nitrogens is 1. The van der Waals surface area contributed by atoms with Gasteiger partial charge in [0.05, 0.1) is 22.4 Å². The van der Waals surface area contributed by atoms with E-state index in [0.717, 1.165) is 52.7 Å². The Hall–Kier alpha value is -3.39. The molecule has 8 heteroatoms. The highest BCUT2D eigenvalue weighted by atomic mass is 32.1. The molecule has 3 aliphatic rings. The molecule has 0 radical (unpaired) electrons. The number of carbonyl (C=O) groups excluding carboxylic acids is 1. The summed E-state index contributed by atoms with van der Waals surface area (Å²) in [5, 5.41) is 3.18. The van der Waals surface area contributed by atoms with Crippen molar-refractivity contribution in [3.05, 3.63) is 70.2 Å². The highest BCUT2D eigenvalue weighted by Crippen LogP contribution is 2.38. The van der Waals surface area contributed by atoms with E-state index < -0.39 is 0 Å². The molecule has 7 nitrogen and oxygen atoms in total. The van der Waals surface area contributed by atoms with Crippen LogP contribution in [0.2, 0.25) is 0 Å². The van der Waals surface area contributed by atoms with Crippen LogP contribution in [0.5, 0.6) is 11.5 Å². The van der Waals surface area contributed by atoms with Gasteiger partial charge in [-0.3, -0.25) is 4.79 Å². The number of hydrogen-bond donors (Lipinski definition) is 1. The maximum atomic E-state index is 14.2. The van der Waals surface area contributed by atoms with Crippen LogP contribution in [0.3, 0.4) is 0 Å². The standard InChI is InChI=1S/C36H47N5O2S/c1-25(33-24-44-26(2)38-33)41(29-14-8-4-9-15-29)35(42)21-20-34(27-12-6-3-7-13-27)40-23-28-22-31(18-19-32(28)39-36(40)37)43-30-16-10-5-11-17-30/h5,10-11,16-19,22,24-25,27,29,34H,3-4,6-9,12-15,20-21,23H2,1-2H3,(H2,37,39)/t25?,34-/m0/s1. The molecule has 2 saturated carbocycles. The van der Waals surface area contributed by atoms with Gasteiger partial charge in [0.15, 0.2) is 5.96 Å². The Morgan fingerprint density at radius 3 is 2.45 bits per heavy atom. The molecule has 2 heterocycles. The number of thiazole rings is 1. The molecule has 2 atom stereocenters. The number of guanidine groups is 1. The van der Waals surface area contributed by atoms with Crippen molar-refractivity contribution in [3.63, 3.8) is 0 Å². The van der Waals surface area contributed by atoms with E-state index in [1.807, 2.05) is 49.4 Å². The van der Waals surface area contributed by atoms with Crippen molar-refractivity contribution >= 4 is 28.9 Å². The topological polar surface area (TPSA) is 84.0 Å². The lowest BCUT2D eigenvalue weighted by Gasteiger charge is -2.42. The lowest BCUT2D eigenvalue weighted by atomic mass is 9.81. The number of benzene rings is 2. The number of aryl methyl sites for hydroxylation is 1. The Kier molecular flexibility index (Phi) is 9.85. The van der Waals surface area contributed by atoms with Gasteiger partial charge >= 0.3 is 0 Å². The molecule has 0 spiro atoms. The number of rotatable bonds is 10. The summed E-state index contributed by atoms with van der Waals surface area (Å²) in [6.45, 7) is 4.88. The van der Waals surface area contributed by atoms with Crippen molar-refractivity contribution in [2.75, 3.05) is 0 Å². The van der Waals surface area contributed by atoms with Crippen LogP contribution in [0.15, 0.2) is 58.9 Å². The maximum absolute atomic E-state index is 14.2. The minimum absolute atomic E-state index is 0.0137. The number of nitrogens with zero attached hydrogens (tertiary/aromatic N) is 4. The average Bonchev–Trinajstić information content (AvgIpc) is 3.49. The number of para-hydroxylation sites is 1. The predicted molar refractivity (Wildman–Crippen MR) is 178 cm³/mol. The molecular formula is C36H47N5O2S. The molecule has 2 aromatic carbocycles. The molecule has 0 saturated heterocycles. The molecular weight excluding hydrogens is 566 g/mol. The van der Waals surface area contributed by atoms with Crippen molar-refractivity contribution in [1.29, 1.82) is 0 Å². The van der Waals surface area contributed by atoms with Gasteiger partial charge in [-0.15, -0.1) is 11.3 Å². The molecule has 234 valence electrons. The van der Waals surface area contributed by atoms with Crippen LogP contribution >= 0.6 is 11.3 Å². The summed E-state index contributed by atoms with van der Waals surface area (Å²) in [6.07, 6.45) is 13.2. The third-order valence-electron chi connectivity index (χ3n) is 9.89. The van der Waals surface area contributed by atoms with Crippen LogP contribution in [0.1, 0.15) is 106 Å². The molecule has 6 rings (SSSR count). The molecule has 3 aromatic rings. The average molecular weight is 614 g/mol. The summed E-state index contributed by atoms with van der Waals surface area (Å²) in [5.41, 5.74) is 9.74. The van der Waals surface area contributed by atoms with E-state index >= 15 is 0 Å². The van der Waals surface area contributed by atoms with Crippen molar-refractivity contribution in [1.82, 2.24) is 14.8 Å². The second-order valence-corrected chi connectivity index (χ2v) is 13.9. The second kappa shape index (κ2) is 14.1. The Bertz CT molecular complexity index is 1430. The summed E-state index contributed by atoms with van der Waals surface area (Å²) >= 11 is 1.67. The number of nitrogens with two attached hydrogens (primary N) is 1. The van der Waals surface area contributed by atoms with Gasteiger partial charge in [-0.25, -0.2) is 9.98 Å². The normalized spacial score (nSPS) is 19.1. The highest BCUT2D eigenvalue weighted by molar-refractivity contribution is 7.09. The van der Waals surface area contributed by atoms with Gasteiger partial charge < -0.3 is 20.3 Å². The van der Waals surface area contributed by atoms with Crippen LogP contribution in [0, 0.1) is 12.8 Å². The zero-order valence-electron chi connectivity index (χ0n) is 26.3. The van der Waals surface area contributed by atoms with Gasteiger partial charge in [0, 0.05) is 36.0 Å². The quantitative estimate of drug-likeness (QED) is 0.247.